The molecule has 9 nitrogen and oxygen atoms in total. The topological polar surface area (TPSA) is 116 Å². The number of hydrogen-bond donors (Lipinski definition) is 3. The first-order chi connectivity index (χ1) is 15.0. The number of benzene rings is 1. The van der Waals surface area contributed by atoms with Gasteiger partial charge in [0.05, 0.1) is 16.3 Å². The smallest absolute Gasteiger partial charge is 0.410 e. The van der Waals surface area contributed by atoms with Crippen LogP contribution in [0, 0.1) is 3.57 Å². The molecule has 0 bridgehead atoms. The molecule has 3 amide bonds. The first kappa shape index (κ1) is 24.3. The Labute approximate surface area is 204 Å². The lowest BCUT2D eigenvalue weighted by atomic mass is 10.1. The number of H-pyrrole nitrogens is 1. The summed E-state index contributed by atoms with van der Waals surface area (Å²) in [7, 11) is 0. The van der Waals surface area contributed by atoms with Gasteiger partial charge in [0.15, 0.2) is 5.69 Å². The van der Waals surface area contributed by atoms with Crippen molar-refractivity contribution in [3.8, 4) is 0 Å². The molecule has 1 saturated heterocycles. The quantitative estimate of drug-likeness (QED) is 0.477. The van der Waals surface area contributed by atoms with E-state index < -0.39 is 17.4 Å². The monoisotopic (exact) mass is 573 g/mol. The number of piperidine rings is 1. The molecule has 32 heavy (non-hydrogen) atoms. The predicted octanol–water partition coefficient (Wildman–Crippen LogP) is 4.05. The minimum Gasteiger partial charge on any atom is -0.444 e. The highest BCUT2D eigenvalue weighted by Gasteiger charge is 2.28. The van der Waals surface area contributed by atoms with Crippen LogP contribution in [0.1, 0.15) is 54.5 Å². The number of likely N-dealkylation sites (tertiary alicyclic amines) is 1. The van der Waals surface area contributed by atoms with Crippen LogP contribution in [-0.4, -0.2) is 57.7 Å². The van der Waals surface area contributed by atoms with E-state index >= 15 is 0 Å². The summed E-state index contributed by atoms with van der Waals surface area (Å²) in [6, 6.07) is 5.04. The third kappa shape index (κ3) is 6.12. The lowest BCUT2D eigenvalue weighted by Crippen LogP contribution is -2.47. The number of halogens is 2. The highest BCUT2D eigenvalue weighted by Crippen LogP contribution is 2.24. The fraction of sp³-hybridized carbons (Fsp3) is 0.429. The van der Waals surface area contributed by atoms with E-state index in [-0.39, 0.29) is 23.5 Å². The minimum absolute atomic E-state index is 0.0787. The summed E-state index contributed by atoms with van der Waals surface area (Å²) in [5, 5.41) is 12.5. The van der Waals surface area contributed by atoms with Crippen molar-refractivity contribution in [1.29, 1.82) is 0 Å². The minimum atomic E-state index is -0.551. The second kappa shape index (κ2) is 10.1. The standard InChI is InChI=1S/C21H25ClIN5O4/c1-21(2,3)32-20(31)28-9-7-12(8-10-28)25-19(30)17-15(11-24-27-17)26-18(29)16-13(22)5-4-6-14(16)23/h4-6,11-12H,7-10H2,1-3H3,(H,24,27)(H,25,30)(H,26,29). The van der Waals surface area contributed by atoms with Crippen LogP contribution < -0.4 is 10.6 Å². The van der Waals surface area contributed by atoms with Crippen LogP contribution in [0.2, 0.25) is 5.02 Å². The van der Waals surface area contributed by atoms with Crippen LogP contribution >= 0.6 is 34.2 Å². The number of ether oxygens (including phenoxy) is 1. The molecule has 11 heteroatoms. The molecule has 0 aliphatic carbocycles. The summed E-state index contributed by atoms with van der Waals surface area (Å²) >= 11 is 8.19. The highest BCUT2D eigenvalue weighted by molar-refractivity contribution is 14.1. The van der Waals surface area contributed by atoms with Gasteiger partial charge in [0.25, 0.3) is 11.8 Å². The van der Waals surface area contributed by atoms with Gasteiger partial charge in [-0.2, -0.15) is 5.10 Å². The van der Waals surface area contributed by atoms with Gasteiger partial charge in [0.2, 0.25) is 0 Å². The second-order valence-electron chi connectivity index (χ2n) is 8.41. The van der Waals surface area contributed by atoms with Crippen LogP contribution in [0.15, 0.2) is 24.4 Å². The fourth-order valence-corrected chi connectivity index (χ4v) is 4.41. The molecule has 2 aromatic rings. The SMILES string of the molecule is CC(C)(C)OC(=O)N1CCC(NC(=O)c2n[nH]cc2NC(=O)c2c(Cl)cccc2I)CC1. The Morgan fingerprint density at radius 3 is 2.53 bits per heavy atom. The lowest BCUT2D eigenvalue weighted by Gasteiger charge is -2.33. The number of carbonyl (C=O) groups is 3. The van der Waals surface area contributed by atoms with E-state index in [0.29, 0.717) is 40.1 Å². The van der Waals surface area contributed by atoms with Gasteiger partial charge in [-0.15, -0.1) is 0 Å². The van der Waals surface area contributed by atoms with E-state index in [4.69, 9.17) is 16.3 Å². The first-order valence-electron chi connectivity index (χ1n) is 10.1. The molecular weight excluding hydrogens is 549 g/mol. The van der Waals surface area contributed by atoms with Gasteiger partial charge in [-0.1, -0.05) is 17.7 Å². The molecule has 0 unspecified atom stereocenters. The maximum Gasteiger partial charge on any atom is 0.410 e. The first-order valence-corrected chi connectivity index (χ1v) is 11.6. The largest absolute Gasteiger partial charge is 0.444 e. The van der Waals surface area contributed by atoms with Crippen molar-refractivity contribution in [2.75, 3.05) is 18.4 Å². The van der Waals surface area contributed by atoms with Crippen molar-refractivity contribution in [3.63, 3.8) is 0 Å². The van der Waals surface area contributed by atoms with Gasteiger partial charge < -0.3 is 20.3 Å². The zero-order valence-electron chi connectivity index (χ0n) is 18.0. The number of aromatic nitrogens is 2. The average Bonchev–Trinajstić information content (AvgIpc) is 3.15. The molecule has 2 heterocycles. The van der Waals surface area contributed by atoms with E-state index in [1.165, 1.54) is 6.20 Å². The molecule has 172 valence electrons. The Morgan fingerprint density at radius 2 is 1.91 bits per heavy atom. The highest BCUT2D eigenvalue weighted by atomic mass is 127. The maximum atomic E-state index is 12.8. The Balaban J connectivity index is 1.58. The third-order valence-electron chi connectivity index (χ3n) is 4.78. The molecule has 0 spiro atoms. The number of anilines is 1. The molecule has 1 fully saturated rings. The molecular formula is C21H25ClIN5O4. The van der Waals surface area contributed by atoms with E-state index in [0.717, 1.165) is 0 Å². The zero-order chi connectivity index (χ0) is 23.5. The third-order valence-corrected chi connectivity index (χ3v) is 5.99. The summed E-state index contributed by atoms with van der Waals surface area (Å²) in [4.78, 5) is 39.3. The predicted molar refractivity (Wildman–Crippen MR) is 129 cm³/mol. The Kier molecular flexibility index (Phi) is 7.65. The van der Waals surface area contributed by atoms with Gasteiger partial charge in [0.1, 0.15) is 5.60 Å². The van der Waals surface area contributed by atoms with Crippen molar-refractivity contribution >= 4 is 57.8 Å². The Hall–Kier alpha value is -2.34. The average molecular weight is 574 g/mol. The summed E-state index contributed by atoms with van der Waals surface area (Å²) in [5.41, 5.74) is 0.117. The molecule has 0 saturated carbocycles. The molecule has 1 aliphatic rings. The molecule has 1 aromatic heterocycles. The molecule has 3 N–H and O–H groups in total. The number of nitrogens with one attached hydrogen (secondary N) is 3. The molecule has 1 aromatic carbocycles. The molecule has 1 aliphatic heterocycles. The number of nitrogens with zero attached hydrogens (tertiary/aromatic N) is 2. The Bertz CT molecular complexity index is 992. The van der Waals surface area contributed by atoms with Gasteiger partial charge in [-0.3, -0.25) is 14.7 Å². The van der Waals surface area contributed by atoms with E-state index in [1.54, 1.807) is 23.1 Å². The van der Waals surface area contributed by atoms with Crippen molar-refractivity contribution in [2.45, 2.75) is 45.3 Å². The van der Waals surface area contributed by atoms with Crippen LogP contribution in [0.5, 0.6) is 0 Å². The molecule has 0 atom stereocenters. The van der Waals surface area contributed by atoms with Crippen molar-refractivity contribution < 1.29 is 19.1 Å². The van der Waals surface area contributed by atoms with E-state index in [9.17, 15) is 14.4 Å². The Morgan fingerprint density at radius 1 is 1.22 bits per heavy atom. The van der Waals surface area contributed by atoms with Crippen LogP contribution in [0.3, 0.4) is 0 Å². The van der Waals surface area contributed by atoms with Crippen LogP contribution in [-0.2, 0) is 4.74 Å². The number of hydrogen-bond acceptors (Lipinski definition) is 5. The van der Waals surface area contributed by atoms with Gasteiger partial charge in [-0.05, 0) is 68.3 Å². The second-order valence-corrected chi connectivity index (χ2v) is 9.98. The zero-order valence-corrected chi connectivity index (χ0v) is 20.9. The van der Waals surface area contributed by atoms with Gasteiger partial charge in [-0.25, -0.2) is 4.79 Å². The van der Waals surface area contributed by atoms with Crippen molar-refractivity contribution in [2.24, 2.45) is 0 Å². The van der Waals surface area contributed by atoms with Crippen LogP contribution in [0.4, 0.5) is 10.5 Å². The fourth-order valence-electron chi connectivity index (χ4n) is 3.24. The van der Waals surface area contributed by atoms with Crippen molar-refractivity contribution in [1.82, 2.24) is 20.4 Å². The number of amides is 3. The summed E-state index contributed by atoms with van der Waals surface area (Å²) < 4.78 is 6.09. The molecule has 0 radical (unpaired) electrons. The normalized spacial score (nSPS) is 14.7. The summed E-state index contributed by atoms with van der Waals surface area (Å²) in [5.74, 6) is -0.841. The van der Waals surface area contributed by atoms with E-state index in [1.807, 2.05) is 43.4 Å². The summed E-state index contributed by atoms with van der Waals surface area (Å²) in [6.07, 6.45) is 2.28. The van der Waals surface area contributed by atoms with Gasteiger partial charge >= 0.3 is 6.09 Å². The number of carbonyl (C=O) groups excluding carboxylic acids is 3. The van der Waals surface area contributed by atoms with Crippen molar-refractivity contribution in [3.05, 3.63) is 44.2 Å². The lowest BCUT2D eigenvalue weighted by molar-refractivity contribution is 0.0199. The summed E-state index contributed by atoms with van der Waals surface area (Å²) in [6.45, 7) is 6.43. The van der Waals surface area contributed by atoms with E-state index in [2.05, 4.69) is 20.8 Å². The number of aromatic amines is 1. The number of rotatable bonds is 4. The maximum absolute atomic E-state index is 12.8. The van der Waals surface area contributed by atoms with Crippen LogP contribution in [0.25, 0.3) is 0 Å². The molecule has 3 rings (SSSR count). The van der Waals surface area contributed by atoms with Gasteiger partial charge in [0, 0.05) is 28.9 Å².